The second kappa shape index (κ2) is 21.4. The Hall–Kier alpha value is -0.860. The molecule has 0 bridgehead atoms. The molecule has 0 spiro atoms. The average molecular weight is 383 g/mol. The van der Waals surface area contributed by atoms with Crippen molar-refractivity contribution in [2.75, 3.05) is 0 Å². The van der Waals surface area contributed by atoms with Crippen molar-refractivity contribution in [3.05, 3.63) is 0 Å². The Morgan fingerprint density at radius 3 is 1.15 bits per heavy atom. The third kappa shape index (κ3) is 23.1. The van der Waals surface area contributed by atoms with Crippen LogP contribution in [0.3, 0.4) is 0 Å². The number of hydrogen-bond acceptors (Lipinski definition) is 2. The molecule has 0 unspecified atom stereocenters. The van der Waals surface area contributed by atoms with E-state index in [0.717, 1.165) is 12.8 Å². The van der Waals surface area contributed by atoms with Crippen LogP contribution >= 0.6 is 0 Å². The maximum absolute atomic E-state index is 11.5. The summed E-state index contributed by atoms with van der Waals surface area (Å²) in [4.78, 5) is 21.8. The minimum atomic E-state index is -0.874. The van der Waals surface area contributed by atoms with Crippen LogP contribution in [0.25, 0.3) is 0 Å². The molecule has 0 saturated carbocycles. The molecule has 0 heterocycles. The highest BCUT2D eigenvalue weighted by atomic mass is 16.4. The lowest BCUT2D eigenvalue weighted by atomic mass is 10.0. The van der Waals surface area contributed by atoms with Crippen LogP contribution in [0.2, 0.25) is 0 Å². The first kappa shape index (κ1) is 26.1. The zero-order valence-electron chi connectivity index (χ0n) is 18.1. The Labute approximate surface area is 168 Å². The molecule has 0 rings (SSSR count). The quantitative estimate of drug-likeness (QED) is 0.194. The van der Waals surface area contributed by atoms with Gasteiger partial charge in [0, 0.05) is 12.8 Å². The van der Waals surface area contributed by atoms with E-state index in [0.29, 0.717) is 6.42 Å². The molecule has 0 radical (unpaired) electrons. The number of carbonyl (C=O) groups is 2. The predicted octanol–water partition coefficient (Wildman–Crippen LogP) is 7.85. The lowest BCUT2D eigenvalue weighted by molar-refractivity contribution is -0.138. The molecule has 1 N–H and O–H groups in total. The first-order chi connectivity index (χ1) is 13.2. The summed E-state index contributed by atoms with van der Waals surface area (Å²) in [5, 5.41) is 8.54. The molecular weight excluding hydrogens is 336 g/mol. The molecule has 3 heteroatoms. The molecule has 0 aliphatic carbocycles. The highest BCUT2D eigenvalue weighted by Gasteiger charge is 2.05. The Kier molecular flexibility index (Phi) is 20.8. The topological polar surface area (TPSA) is 54.4 Å². The van der Waals surface area contributed by atoms with Gasteiger partial charge in [0.1, 0.15) is 5.78 Å². The largest absolute Gasteiger partial charge is 0.481 e. The van der Waals surface area contributed by atoms with Gasteiger partial charge < -0.3 is 5.11 Å². The van der Waals surface area contributed by atoms with Crippen molar-refractivity contribution in [1.29, 1.82) is 0 Å². The molecular formula is C24H46O3. The first-order valence-corrected chi connectivity index (χ1v) is 11.9. The number of aliphatic carboxylic acids is 1. The number of Topliss-reactive ketones (excluding diaryl/α,β-unsaturated/α-hetero) is 1. The van der Waals surface area contributed by atoms with Crippen LogP contribution in [-0.4, -0.2) is 16.9 Å². The van der Waals surface area contributed by atoms with Gasteiger partial charge in [0.25, 0.3) is 0 Å². The van der Waals surface area contributed by atoms with Gasteiger partial charge in [-0.3, -0.25) is 9.59 Å². The number of rotatable bonds is 22. The number of carboxylic acids is 1. The molecule has 0 aliphatic rings. The molecule has 3 nitrogen and oxygen atoms in total. The van der Waals surface area contributed by atoms with Crippen LogP contribution in [0, 0.1) is 0 Å². The van der Waals surface area contributed by atoms with E-state index in [1.807, 2.05) is 0 Å². The van der Waals surface area contributed by atoms with Crippen molar-refractivity contribution in [3.63, 3.8) is 0 Å². The van der Waals surface area contributed by atoms with Gasteiger partial charge in [-0.05, 0) is 6.42 Å². The van der Waals surface area contributed by atoms with Crippen LogP contribution in [0.15, 0.2) is 0 Å². The molecule has 0 aromatic carbocycles. The zero-order chi connectivity index (χ0) is 20.0. The molecule has 0 amide bonds. The Morgan fingerprint density at radius 2 is 0.815 bits per heavy atom. The van der Waals surface area contributed by atoms with E-state index in [4.69, 9.17) is 5.11 Å². The maximum atomic E-state index is 11.5. The van der Waals surface area contributed by atoms with Gasteiger partial charge >= 0.3 is 5.97 Å². The zero-order valence-corrected chi connectivity index (χ0v) is 18.1. The fourth-order valence-electron chi connectivity index (χ4n) is 3.60. The average Bonchev–Trinajstić information content (AvgIpc) is 2.65. The molecule has 0 aromatic heterocycles. The number of unbranched alkanes of at least 4 members (excludes halogenated alkanes) is 17. The number of carbonyl (C=O) groups excluding carboxylic acids is 1. The van der Waals surface area contributed by atoms with Crippen molar-refractivity contribution in [1.82, 2.24) is 0 Å². The summed E-state index contributed by atoms with van der Waals surface area (Å²) in [6.07, 6.45) is 24.9. The van der Waals surface area contributed by atoms with Gasteiger partial charge in [-0.15, -0.1) is 0 Å². The van der Waals surface area contributed by atoms with Crippen molar-refractivity contribution in [2.24, 2.45) is 0 Å². The third-order valence-corrected chi connectivity index (χ3v) is 5.43. The minimum Gasteiger partial charge on any atom is -0.481 e. The van der Waals surface area contributed by atoms with Crippen molar-refractivity contribution in [2.45, 2.75) is 142 Å². The molecule has 0 atom stereocenters. The van der Waals surface area contributed by atoms with E-state index in [2.05, 4.69) is 6.92 Å². The van der Waals surface area contributed by atoms with Gasteiger partial charge in [0.05, 0.1) is 6.42 Å². The summed E-state index contributed by atoms with van der Waals surface area (Å²) in [5.74, 6) is -0.768. The van der Waals surface area contributed by atoms with E-state index in [1.54, 1.807) is 0 Å². The van der Waals surface area contributed by atoms with Gasteiger partial charge in [-0.1, -0.05) is 116 Å². The highest BCUT2D eigenvalue weighted by Crippen LogP contribution is 2.14. The summed E-state index contributed by atoms with van der Waals surface area (Å²) in [7, 11) is 0. The van der Waals surface area contributed by atoms with Crippen LogP contribution < -0.4 is 0 Å². The molecule has 27 heavy (non-hydrogen) atoms. The second-order valence-electron chi connectivity index (χ2n) is 8.19. The predicted molar refractivity (Wildman–Crippen MR) is 115 cm³/mol. The van der Waals surface area contributed by atoms with E-state index in [1.165, 1.54) is 103 Å². The Balaban J connectivity index is 3.09. The lowest BCUT2D eigenvalue weighted by Gasteiger charge is -2.04. The van der Waals surface area contributed by atoms with E-state index in [-0.39, 0.29) is 18.6 Å². The third-order valence-electron chi connectivity index (χ3n) is 5.43. The molecule has 0 aromatic rings. The fraction of sp³-hybridized carbons (Fsp3) is 0.917. The van der Waals surface area contributed by atoms with Crippen molar-refractivity contribution in [3.8, 4) is 0 Å². The van der Waals surface area contributed by atoms with Gasteiger partial charge in [0.15, 0.2) is 0 Å². The highest BCUT2D eigenvalue weighted by molar-refractivity contribution is 5.82. The monoisotopic (exact) mass is 382 g/mol. The van der Waals surface area contributed by atoms with Crippen LogP contribution in [-0.2, 0) is 9.59 Å². The molecule has 0 saturated heterocycles. The fourth-order valence-corrected chi connectivity index (χ4v) is 3.60. The number of carboxylic acid groups (broad SMARTS) is 1. The number of ketones is 1. The van der Waals surface area contributed by atoms with E-state index in [9.17, 15) is 9.59 Å². The van der Waals surface area contributed by atoms with Crippen molar-refractivity contribution >= 4 is 11.8 Å². The first-order valence-electron chi connectivity index (χ1n) is 11.9. The van der Waals surface area contributed by atoms with Crippen LogP contribution in [0.1, 0.15) is 142 Å². The van der Waals surface area contributed by atoms with Crippen LogP contribution in [0.5, 0.6) is 0 Å². The molecule has 0 fully saturated rings. The Morgan fingerprint density at radius 1 is 0.481 bits per heavy atom. The summed E-state index contributed by atoms with van der Waals surface area (Å²) in [6, 6.07) is 0. The summed E-state index contributed by atoms with van der Waals surface area (Å²) < 4.78 is 0. The molecule has 0 aliphatic heterocycles. The second-order valence-corrected chi connectivity index (χ2v) is 8.19. The Bertz CT molecular complexity index is 339. The van der Waals surface area contributed by atoms with Crippen LogP contribution in [0.4, 0.5) is 0 Å². The van der Waals surface area contributed by atoms with E-state index < -0.39 is 5.97 Å². The summed E-state index contributed by atoms with van der Waals surface area (Å²) in [5.41, 5.74) is 0. The van der Waals surface area contributed by atoms with Crippen molar-refractivity contribution < 1.29 is 14.7 Å². The standard InChI is InChI=1S/C24H46O3/c1-2-3-4-5-6-7-8-9-10-11-12-13-14-15-16-17-18-19-20-23(25)21-22-24(26)27/h2-22H2,1H3,(H,26,27). The van der Waals surface area contributed by atoms with E-state index >= 15 is 0 Å². The summed E-state index contributed by atoms with van der Waals surface area (Å²) >= 11 is 0. The van der Waals surface area contributed by atoms with Gasteiger partial charge in [-0.25, -0.2) is 0 Å². The van der Waals surface area contributed by atoms with Gasteiger partial charge in [-0.2, -0.15) is 0 Å². The number of hydrogen-bond donors (Lipinski definition) is 1. The minimum absolute atomic E-state index is 0.0160. The normalized spacial score (nSPS) is 11.0. The maximum Gasteiger partial charge on any atom is 0.303 e. The summed E-state index contributed by atoms with van der Waals surface area (Å²) in [6.45, 7) is 2.28. The SMILES string of the molecule is CCCCCCCCCCCCCCCCCCCCC(=O)CCC(=O)O. The lowest BCUT2D eigenvalue weighted by Crippen LogP contribution is -2.02. The smallest absolute Gasteiger partial charge is 0.303 e. The molecule has 160 valence electrons. The van der Waals surface area contributed by atoms with Gasteiger partial charge in [0.2, 0.25) is 0 Å².